The molecule has 2 heterocycles. The SMILES string of the molecule is CC(C)(C(=O)c1cn2c(c(O)c1=O)C(=O)N(Cc1cccc(Cl)c1)CC2)c1ccccc1. The van der Waals surface area contributed by atoms with Crippen molar-refractivity contribution in [2.75, 3.05) is 6.54 Å². The second-order valence-electron chi connectivity index (χ2n) is 8.44. The van der Waals surface area contributed by atoms with Crippen LogP contribution in [0.2, 0.25) is 5.02 Å². The molecule has 0 unspecified atom stereocenters. The van der Waals surface area contributed by atoms with E-state index < -0.39 is 28.3 Å². The van der Waals surface area contributed by atoms with E-state index in [2.05, 4.69) is 0 Å². The van der Waals surface area contributed by atoms with Crippen LogP contribution in [-0.4, -0.2) is 32.8 Å². The minimum absolute atomic E-state index is 0.0997. The minimum Gasteiger partial charge on any atom is -0.503 e. The Morgan fingerprint density at radius 3 is 2.47 bits per heavy atom. The summed E-state index contributed by atoms with van der Waals surface area (Å²) < 4.78 is 1.50. The van der Waals surface area contributed by atoms with Crippen molar-refractivity contribution in [2.24, 2.45) is 0 Å². The van der Waals surface area contributed by atoms with E-state index in [1.807, 2.05) is 36.4 Å². The molecule has 1 amide bonds. The highest BCUT2D eigenvalue weighted by molar-refractivity contribution is 6.30. The molecule has 0 saturated heterocycles. The summed E-state index contributed by atoms with van der Waals surface area (Å²) in [6, 6.07) is 16.3. The predicted octanol–water partition coefficient (Wildman–Crippen LogP) is 4.02. The molecular formula is C25H23ClN2O4. The van der Waals surface area contributed by atoms with Gasteiger partial charge in [0.25, 0.3) is 5.91 Å². The molecule has 1 aliphatic heterocycles. The van der Waals surface area contributed by atoms with Crippen LogP contribution in [0.5, 0.6) is 5.75 Å². The summed E-state index contributed by atoms with van der Waals surface area (Å²) in [7, 11) is 0. The number of benzene rings is 2. The second kappa shape index (κ2) is 8.28. The molecule has 7 heteroatoms. The lowest BCUT2D eigenvalue weighted by Gasteiger charge is -2.31. The number of carbonyl (C=O) groups is 2. The molecule has 0 saturated carbocycles. The number of aromatic nitrogens is 1. The molecule has 2 aromatic carbocycles. The zero-order valence-corrected chi connectivity index (χ0v) is 18.6. The third-order valence-corrected chi connectivity index (χ3v) is 6.16. The number of ketones is 1. The summed E-state index contributed by atoms with van der Waals surface area (Å²) in [6.07, 6.45) is 1.40. The molecular weight excluding hydrogens is 428 g/mol. The number of pyridine rings is 1. The summed E-state index contributed by atoms with van der Waals surface area (Å²) in [6.45, 7) is 4.50. The summed E-state index contributed by atoms with van der Waals surface area (Å²) in [5.74, 6) is -1.57. The summed E-state index contributed by atoms with van der Waals surface area (Å²) in [5.41, 5.74) is -0.427. The Bertz CT molecular complexity index is 1260. The normalized spacial score (nSPS) is 13.7. The number of Topliss-reactive ketones (excluding diaryl/α,β-unsaturated/α-hetero) is 1. The highest BCUT2D eigenvalue weighted by Crippen LogP contribution is 2.29. The van der Waals surface area contributed by atoms with E-state index >= 15 is 0 Å². The number of aromatic hydroxyl groups is 1. The van der Waals surface area contributed by atoms with Gasteiger partial charge in [0.15, 0.2) is 17.2 Å². The largest absolute Gasteiger partial charge is 0.503 e. The molecule has 1 aliphatic rings. The van der Waals surface area contributed by atoms with Gasteiger partial charge in [-0.15, -0.1) is 0 Å². The smallest absolute Gasteiger partial charge is 0.274 e. The van der Waals surface area contributed by atoms with Crippen LogP contribution < -0.4 is 5.43 Å². The van der Waals surface area contributed by atoms with Crippen LogP contribution in [0.15, 0.2) is 65.6 Å². The van der Waals surface area contributed by atoms with Crippen molar-refractivity contribution in [3.05, 3.63) is 98.4 Å². The van der Waals surface area contributed by atoms with Gasteiger partial charge in [-0.25, -0.2) is 0 Å². The number of carbonyl (C=O) groups excluding carboxylic acids is 2. The lowest BCUT2D eigenvalue weighted by Crippen LogP contribution is -2.42. The van der Waals surface area contributed by atoms with E-state index in [0.717, 1.165) is 11.1 Å². The Kier molecular flexibility index (Phi) is 5.65. The first-order chi connectivity index (χ1) is 15.2. The molecule has 0 radical (unpaired) electrons. The predicted molar refractivity (Wildman–Crippen MR) is 122 cm³/mol. The lowest BCUT2D eigenvalue weighted by molar-refractivity contribution is 0.0681. The lowest BCUT2D eigenvalue weighted by atomic mass is 9.78. The molecule has 1 aromatic heterocycles. The van der Waals surface area contributed by atoms with Gasteiger partial charge in [-0.05, 0) is 37.1 Å². The van der Waals surface area contributed by atoms with E-state index in [1.165, 1.54) is 10.8 Å². The number of fused-ring (bicyclic) bond motifs is 1. The maximum absolute atomic E-state index is 13.3. The number of nitrogens with zero attached hydrogens (tertiary/aromatic N) is 2. The molecule has 4 rings (SSSR count). The highest BCUT2D eigenvalue weighted by atomic mass is 35.5. The topological polar surface area (TPSA) is 79.6 Å². The fourth-order valence-corrected chi connectivity index (χ4v) is 4.23. The minimum atomic E-state index is -0.973. The van der Waals surface area contributed by atoms with Crippen LogP contribution in [0.3, 0.4) is 0 Å². The molecule has 164 valence electrons. The van der Waals surface area contributed by atoms with Crippen LogP contribution in [0, 0.1) is 0 Å². The van der Waals surface area contributed by atoms with Crippen LogP contribution in [-0.2, 0) is 18.5 Å². The molecule has 0 aliphatic carbocycles. The molecule has 6 nitrogen and oxygen atoms in total. The average molecular weight is 451 g/mol. The molecule has 3 aromatic rings. The van der Waals surface area contributed by atoms with E-state index in [9.17, 15) is 19.5 Å². The van der Waals surface area contributed by atoms with Gasteiger partial charge in [0.05, 0.1) is 11.0 Å². The monoisotopic (exact) mass is 450 g/mol. The molecule has 0 spiro atoms. The van der Waals surface area contributed by atoms with Crippen molar-refractivity contribution in [1.29, 1.82) is 0 Å². The number of hydrogen-bond donors (Lipinski definition) is 1. The van der Waals surface area contributed by atoms with Gasteiger partial charge in [-0.2, -0.15) is 0 Å². The fraction of sp³-hybridized carbons (Fsp3) is 0.240. The molecule has 0 fully saturated rings. The van der Waals surface area contributed by atoms with Crippen LogP contribution in [0.1, 0.15) is 45.8 Å². The van der Waals surface area contributed by atoms with E-state index in [-0.39, 0.29) is 11.3 Å². The third kappa shape index (κ3) is 3.82. The highest BCUT2D eigenvalue weighted by Gasteiger charge is 2.36. The van der Waals surface area contributed by atoms with Crippen LogP contribution in [0.25, 0.3) is 0 Å². The standard InChI is InChI=1S/C25H23ClN2O4/c1-25(2,17-8-4-3-5-9-17)23(31)19-15-27-11-12-28(14-16-7-6-10-18(26)13-16)24(32)20(27)22(30)21(19)29/h3-10,13,15,30H,11-12,14H2,1-2H3. The fourth-order valence-electron chi connectivity index (χ4n) is 4.02. The summed E-state index contributed by atoms with van der Waals surface area (Å²) >= 11 is 6.03. The Hall–Kier alpha value is -3.38. The quantitative estimate of drug-likeness (QED) is 0.595. The van der Waals surface area contributed by atoms with Gasteiger partial charge in [-0.1, -0.05) is 54.1 Å². The molecule has 32 heavy (non-hydrogen) atoms. The number of hydrogen-bond acceptors (Lipinski definition) is 4. The van der Waals surface area contributed by atoms with E-state index in [1.54, 1.807) is 36.9 Å². The first-order valence-electron chi connectivity index (χ1n) is 10.3. The number of halogens is 1. The number of rotatable bonds is 5. The zero-order chi connectivity index (χ0) is 23.0. The van der Waals surface area contributed by atoms with Gasteiger partial charge in [0, 0.05) is 30.9 Å². The van der Waals surface area contributed by atoms with Crippen molar-refractivity contribution >= 4 is 23.3 Å². The van der Waals surface area contributed by atoms with Crippen molar-refractivity contribution in [3.63, 3.8) is 0 Å². The molecule has 1 N–H and O–H groups in total. The third-order valence-electron chi connectivity index (χ3n) is 5.93. The van der Waals surface area contributed by atoms with Crippen LogP contribution in [0.4, 0.5) is 0 Å². The van der Waals surface area contributed by atoms with Crippen molar-refractivity contribution in [3.8, 4) is 5.75 Å². The van der Waals surface area contributed by atoms with Gasteiger partial charge in [-0.3, -0.25) is 14.4 Å². The summed E-state index contributed by atoms with van der Waals surface area (Å²) in [5, 5.41) is 11.2. The zero-order valence-electron chi connectivity index (χ0n) is 17.8. The van der Waals surface area contributed by atoms with Gasteiger partial charge >= 0.3 is 0 Å². The van der Waals surface area contributed by atoms with Crippen molar-refractivity contribution < 1.29 is 14.7 Å². The van der Waals surface area contributed by atoms with E-state index in [4.69, 9.17) is 11.6 Å². The van der Waals surface area contributed by atoms with Crippen LogP contribution >= 0.6 is 11.6 Å². The summed E-state index contributed by atoms with van der Waals surface area (Å²) in [4.78, 5) is 40.9. The number of amides is 1. The van der Waals surface area contributed by atoms with Crippen molar-refractivity contribution in [2.45, 2.75) is 32.4 Å². The van der Waals surface area contributed by atoms with Gasteiger partial charge in [0.1, 0.15) is 0 Å². The maximum Gasteiger partial charge on any atom is 0.274 e. The van der Waals surface area contributed by atoms with Gasteiger partial charge in [0.2, 0.25) is 5.43 Å². The Morgan fingerprint density at radius 1 is 1.06 bits per heavy atom. The maximum atomic E-state index is 13.3. The second-order valence-corrected chi connectivity index (χ2v) is 8.88. The average Bonchev–Trinajstić information content (AvgIpc) is 2.78. The molecule has 0 bridgehead atoms. The Labute approximate surface area is 190 Å². The van der Waals surface area contributed by atoms with Gasteiger partial charge < -0.3 is 14.6 Å². The van der Waals surface area contributed by atoms with Crippen molar-refractivity contribution in [1.82, 2.24) is 9.47 Å². The first kappa shape index (κ1) is 21.8. The van der Waals surface area contributed by atoms with E-state index in [0.29, 0.717) is 24.7 Å². The Morgan fingerprint density at radius 2 is 1.78 bits per heavy atom. The molecule has 0 atom stereocenters. The Balaban J connectivity index is 1.69. The first-order valence-corrected chi connectivity index (χ1v) is 10.7.